The Morgan fingerprint density at radius 1 is 0.759 bits per heavy atom. The van der Waals surface area contributed by atoms with Gasteiger partial charge in [0.05, 0.1) is 10.6 Å². The van der Waals surface area contributed by atoms with Crippen LogP contribution in [0.1, 0.15) is 5.69 Å². The zero-order valence-electron chi connectivity index (χ0n) is 14.3. The Labute approximate surface area is 163 Å². The molecule has 0 aliphatic carbocycles. The normalized spacial score (nSPS) is 13.1. The van der Waals surface area contributed by atoms with Gasteiger partial charge in [-0.05, 0) is 31.2 Å². The first kappa shape index (κ1) is 21.2. The van der Waals surface area contributed by atoms with Crippen LogP contribution in [0.25, 0.3) is 16.5 Å². The van der Waals surface area contributed by atoms with Crippen LogP contribution in [-0.4, -0.2) is 48.7 Å². The van der Waals surface area contributed by atoms with Crippen LogP contribution in [0, 0.1) is 6.92 Å². The average Bonchev–Trinajstić information content (AvgIpc) is 2.88. The second-order valence-electron chi connectivity index (χ2n) is 6.00. The number of nitrogens with one attached hydrogen (secondary N) is 1. The van der Waals surface area contributed by atoms with E-state index in [2.05, 4.69) is 5.10 Å². The van der Waals surface area contributed by atoms with Crippen LogP contribution >= 0.6 is 0 Å². The van der Waals surface area contributed by atoms with E-state index in [4.69, 9.17) is 0 Å². The van der Waals surface area contributed by atoms with Crippen molar-refractivity contribution in [3.05, 3.63) is 46.4 Å². The Hall–Kier alpha value is -2.56. The fourth-order valence-corrected chi connectivity index (χ4v) is 4.81. The summed E-state index contributed by atoms with van der Waals surface area (Å²) in [5, 5.41) is 1.42. The quantitative estimate of drug-likeness (QED) is 0.391. The molecule has 3 aromatic rings. The van der Waals surface area contributed by atoms with E-state index < -0.39 is 61.4 Å². The second-order valence-corrected chi connectivity index (χ2v) is 10.2. The lowest BCUT2D eigenvalue weighted by atomic mass is 10.1. The van der Waals surface area contributed by atoms with Gasteiger partial charge in [0.2, 0.25) is 0 Å². The summed E-state index contributed by atoms with van der Waals surface area (Å²) in [5.74, 6) is 0. The summed E-state index contributed by atoms with van der Waals surface area (Å²) in [6.45, 7) is 1.52. The van der Waals surface area contributed by atoms with Gasteiger partial charge in [-0.15, -0.1) is 0 Å². The molecule has 0 atom stereocenters. The molecule has 0 aliphatic heterocycles. The summed E-state index contributed by atoms with van der Waals surface area (Å²) in [5.41, 5.74) is -0.501. The van der Waals surface area contributed by atoms with Crippen molar-refractivity contribution < 1.29 is 38.9 Å². The molecule has 0 aliphatic rings. The molecule has 3 rings (SSSR count). The molecule has 0 radical (unpaired) electrons. The third-order valence-corrected chi connectivity index (χ3v) is 6.53. The van der Waals surface area contributed by atoms with E-state index in [-0.39, 0.29) is 5.69 Å². The van der Waals surface area contributed by atoms with Crippen molar-refractivity contribution in [2.75, 3.05) is 0 Å². The molecule has 0 fully saturated rings. The molecule has 1 heterocycles. The minimum absolute atomic E-state index is 0.229. The van der Waals surface area contributed by atoms with Crippen molar-refractivity contribution in [3.8, 4) is 5.69 Å². The van der Waals surface area contributed by atoms with Crippen molar-refractivity contribution >= 4 is 41.1 Å². The Morgan fingerprint density at radius 3 is 1.72 bits per heavy atom. The van der Waals surface area contributed by atoms with Crippen LogP contribution in [0.4, 0.5) is 0 Å². The maximum atomic E-state index is 12.0. The highest BCUT2D eigenvalue weighted by atomic mass is 32.2. The van der Waals surface area contributed by atoms with Crippen LogP contribution in [-0.2, 0) is 30.4 Å². The summed E-state index contributed by atoms with van der Waals surface area (Å²) in [6, 6.07) is 3.94. The first-order valence-electron chi connectivity index (χ1n) is 7.42. The van der Waals surface area contributed by atoms with Crippen molar-refractivity contribution in [1.82, 2.24) is 9.78 Å². The van der Waals surface area contributed by atoms with E-state index in [0.717, 1.165) is 22.9 Å². The van der Waals surface area contributed by atoms with Crippen molar-refractivity contribution in [3.63, 3.8) is 0 Å². The number of rotatable bonds is 4. The number of hydrogen-bond acceptors (Lipinski definition) is 7. The lowest BCUT2D eigenvalue weighted by molar-refractivity contribution is 0.478. The molecule has 1 aromatic heterocycles. The Kier molecular flexibility index (Phi) is 4.72. The predicted octanol–water partition coefficient (Wildman–Crippen LogP) is 0.367. The van der Waals surface area contributed by atoms with Crippen LogP contribution in [0.3, 0.4) is 0 Å². The van der Waals surface area contributed by atoms with Gasteiger partial charge in [-0.2, -0.15) is 25.3 Å². The molecule has 4 N–H and O–H groups in total. The minimum Gasteiger partial charge on any atom is -0.295 e. The zero-order chi connectivity index (χ0) is 21.9. The van der Waals surface area contributed by atoms with Gasteiger partial charge in [-0.3, -0.25) is 23.6 Å². The van der Waals surface area contributed by atoms with E-state index >= 15 is 0 Å². The van der Waals surface area contributed by atoms with Crippen LogP contribution in [0.2, 0.25) is 0 Å². The van der Waals surface area contributed by atoms with Gasteiger partial charge in [0.15, 0.2) is 0 Å². The number of aromatic nitrogens is 2. The highest BCUT2D eigenvalue weighted by molar-refractivity contribution is 7.87. The number of benzene rings is 2. The summed E-state index contributed by atoms with van der Waals surface area (Å²) < 4.78 is 99.4. The van der Waals surface area contributed by atoms with Gasteiger partial charge in [0.1, 0.15) is 9.79 Å². The lowest BCUT2D eigenvalue weighted by Crippen LogP contribution is -2.15. The molecule has 2 aromatic carbocycles. The van der Waals surface area contributed by atoms with Crippen molar-refractivity contribution in [1.29, 1.82) is 0 Å². The van der Waals surface area contributed by atoms with Gasteiger partial charge >= 0.3 is 0 Å². The standard InChI is InChI=1S/C14H12N2O10S3/c1-7-2-14(17)16(15-7)8-3-10-11(12(4-8)28(21,22)23)5-9(27(18,19)20)6-13(10)29(24,25)26/h2-6,15H,1H3,(H,18,19,20)(H,21,22,23)(H,24,25,26). The van der Waals surface area contributed by atoms with Crippen molar-refractivity contribution in [2.45, 2.75) is 21.6 Å². The molecule has 15 heteroatoms. The number of nitrogens with zero attached hydrogens (tertiary/aromatic N) is 1. The molecule has 156 valence electrons. The predicted molar refractivity (Wildman–Crippen MR) is 98.1 cm³/mol. The number of H-pyrrole nitrogens is 1. The van der Waals surface area contributed by atoms with E-state index in [1.54, 1.807) is 0 Å². The van der Waals surface area contributed by atoms with Crippen molar-refractivity contribution in [2.24, 2.45) is 0 Å². The first-order chi connectivity index (χ1) is 13.1. The molecule has 12 nitrogen and oxygen atoms in total. The molecular formula is C14H12N2O10S3. The third kappa shape index (κ3) is 3.96. The number of aryl methyl sites for hydroxylation is 1. The Bertz CT molecular complexity index is 1540. The number of fused-ring (bicyclic) bond motifs is 1. The molecule has 0 unspecified atom stereocenters. The van der Waals surface area contributed by atoms with Gasteiger partial charge in [0.25, 0.3) is 35.9 Å². The largest absolute Gasteiger partial charge is 0.295 e. The Balaban J connectivity index is 2.63. The molecule has 0 spiro atoms. The van der Waals surface area contributed by atoms with Crippen LogP contribution < -0.4 is 5.56 Å². The highest BCUT2D eigenvalue weighted by Crippen LogP contribution is 2.33. The third-order valence-electron chi connectivity index (χ3n) is 3.91. The lowest BCUT2D eigenvalue weighted by Gasteiger charge is -2.12. The highest BCUT2D eigenvalue weighted by Gasteiger charge is 2.26. The van der Waals surface area contributed by atoms with Crippen LogP contribution in [0.15, 0.2) is 49.8 Å². The summed E-state index contributed by atoms with van der Waals surface area (Å²) in [6.07, 6.45) is 0. The van der Waals surface area contributed by atoms with E-state index in [1.165, 1.54) is 6.92 Å². The SMILES string of the molecule is Cc1cc(=O)n(-c2cc(S(=O)(=O)O)c3cc(S(=O)(=O)O)cc(S(=O)(=O)O)c3c2)[nH]1. The van der Waals surface area contributed by atoms with E-state index in [9.17, 15) is 43.7 Å². The molecule has 0 amide bonds. The smallest absolute Gasteiger partial charge is 0.295 e. The van der Waals surface area contributed by atoms with Gasteiger partial charge < -0.3 is 0 Å². The first-order valence-corrected chi connectivity index (χ1v) is 11.7. The van der Waals surface area contributed by atoms with Gasteiger partial charge in [-0.1, -0.05) is 0 Å². The average molecular weight is 464 g/mol. The molecular weight excluding hydrogens is 452 g/mol. The maximum Gasteiger partial charge on any atom is 0.295 e. The van der Waals surface area contributed by atoms with E-state index in [0.29, 0.717) is 17.8 Å². The number of aromatic amines is 1. The topological polar surface area (TPSA) is 201 Å². The molecule has 29 heavy (non-hydrogen) atoms. The second kappa shape index (κ2) is 6.48. The zero-order valence-corrected chi connectivity index (χ0v) is 16.7. The Morgan fingerprint density at radius 2 is 1.28 bits per heavy atom. The summed E-state index contributed by atoms with van der Waals surface area (Å²) in [4.78, 5) is 8.98. The fraction of sp³-hybridized carbons (Fsp3) is 0.0714. The molecule has 0 bridgehead atoms. The number of hydrogen-bond donors (Lipinski definition) is 4. The maximum absolute atomic E-state index is 12.0. The van der Waals surface area contributed by atoms with E-state index in [1.807, 2.05) is 0 Å². The molecule has 0 saturated heterocycles. The minimum atomic E-state index is -5.13. The van der Waals surface area contributed by atoms with Crippen LogP contribution in [0.5, 0.6) is 0 Å². The van der Waals surface area contributed by atoms with Gasteiger partial charge in [-0.25, -0.2) is 4.68 Å². The summed E-state index contributed by atoms with van der Waals surface area (Å²) in [7, 11) is -15.2. The molecule has 0 saturated carbocycles. The monoisotopic (exact) mass is 464 g/mol. The fourth-order valence-electron chi connectivity index (χ4n) is 2.77. The summed E-state index contributed by atoms with van der Waals surface area (Å²) >= 11 is 0. The van der Waals surface area contributed by atoms with Gasteiger partial charge in [0, 0.05) is 22.5 Å².